The number of anilines is 1. The van der Waals surface area contributed by atoms with Gasteiger partial charge in [-0.2, -0.15) is 0 Å². The summed E-state index contributed by atoms with van der Waals surface area (Å²) in [6.45, 7) is 7.81. The molecule has 3 heterocycles. The van der Waals surface area contributed by atoms with E-state index in [0.29, 0.717) is 0 Å². The fourth-order valence-corrected chi connectivity index (χ4v) is 3.30. The molecule has 0 unspecified atom stereocenters. The SMILES string of the molecule is CCN(Cc1ccncc1)CC1CCN(c2ccccn2)CC1. The molecule has 0 N–H and O–H groups in total. The molecule has 0 aliphatic carbocycles. The Morgan fingerprint density at radius 2 is 1.87 bits per heavy atom. The van der Waals surface area contributed by atoms with Crippen molar-refractivity contribution in [3.8, 4) is 0 Å². The van der Waals surface area contributed by atoms with Gasteiger partial charge in [0.15, 0.2) is 0 Å². The Morgan fingerprint density at radius 1 is 1.09 bits per heavy atom. The van der Waals surface area contributed by atoms with Gasteiger partial charge in [0.2, 0.25) is 0 Å². The highest BCUT2D eigenvalue weighted by Gasteiger charge is 2.21. The number of aromatic nitrogens is 2. The number of hydrogen-bond acceptors (Lipinski definition) is 4. The first-order valence-electron chi connectivity index (χ1n) is 8.62. The van der Waals surface area contributed by atoms with E-state index in [1.807, 2.05) is 24.7 Å². The topological polar surface area (TPSA) is 32.3 Å². The van der Waals surface area contributed by atoms with Crippen LogP contribution in [0.3, 0.4) is 0 Å². The van der Waals surface area contributed by atoms with Gasteiger partial charge in [-0.25, -0.2) is 4.98 Å². The summed E-state index contributed by atoms with van der Waals surface area (Å²) < 4.78 is 0. The third-order valence-corrected chi connectivity index (χ3v) is 4.71. The monoisotopic (exact) mass is 310 g/mol. The summed E-state index contributed by atoms with van der Waals surface area (Å²) in [6.07, 6.45) is 8.16. The second-order valence-corrected chi connectivity index (χ2v) is 6.30. The Balaban J connectivity index is 1.49. The molecule has 1 aliphatic heterocycles. The fourth-order valence-electron chi connectivity index (χ4n) is 3.30. The fraction of sp³-hybridized carbons (Fsp3) is 0.474. The first kappa shape index (κ1) is 15.9. The van der Waals surface area contributed by atoms with E-state index >= 15 is 0 Å². The van der Waals surface area contributed by atoms with E-state index in [1.54, 1.807) is 0 Å². The molecule has 1 saturated heterocycles. The van der Waals surface area contributed by atoms with Crippen LogP contribution >= 0.6 is 0 Å². The molecule has 3 rings (SSSR count). The lowest BCUT2D eigenvalue weighted by molar-refractivity contribution is 0.213. The molecule has 2 aromatic rings. The second kappa shape index (κ2) is 8.06. The molecule has 0 radical (unpaired) electrons. The molecule has 2 aromatic heterocycles. The Labute approximate surface area is 139 Å². The minimum atomic E-state index is 0.789. The van der Waals surface area contributed by atoms with Crippen molar-refractivity contribution < 1.29 is 0 Å². The average Bonchev–Trinajstić information content (AvgIpc) is 2.63. The van der Waals surface area contributed by atoms with Crippen LogP contribution in [0.5, 0.6) is 0 Å². The van der Waals surface area contributed by atoms with Crippen molar-refractivity contribution in [1.82, 2.24) is 14.9 Å². The van der Waals surface area contributed by atoms with Crippen molar-refractivity contribution in [3.05, 3.63) is 54.5 Å². The highest BCUT2D eigenvalue weighted by atomic mass is 15.2. The molecule has 0 atom stereocenters. The molecule has 122 valence electrons. The summed E-state index contributed by atoms with van der Waals surface area (Å²) in [5.74, 6) is 1.91. The van der Waals surface area contributed by atoms with Crippen molar-refractivity contribution >= 4 is 5.82 Å². The van der Waals surface area contributed by atoms with Gasteiger partial charge in [0.25, 0.3) is 0 Å². The minimum Gasteiger partial charge on any atom is -0.357 e. The molecule has 0 spiro atoms. The van der Waals surface area contributed by atoms with Crippen LogP contribution < -0.4 is 4.90 Å². The lowest BCUT2D eigenvalue weighted by atomic mass is 9.96. The summed E-state index contributed by atoms with van der Waals surface area (Å²) in [6, 6.07) is 10.4. The smallest absolute Gasteiger partial charge is 0.128 e. The molecule has 4 heteroatoms. The molecular weight excluding hydrogens is 284 g/mol. The third kappa shape index (κ3) is 4.52. The van der Waals surface area contributed by atoms with Crippen molar-refractivity contribution in [2.45, 2.75) is 26.3 Å². The van der Waals surface area contributed by atoms with Gasteiger partial charge in [-0.1, -0.05) is 13.0 Å². The van der Waals surface area contributed by atoms with E-state index in [9.17, 15) is 0 Å². The molecule has 23 heavy (non-hydrogen) atoms. The van der Waals surface area contributed by atoms with E-state index in [2.05, 4.69) is 51.0 Å². The zero-order chi connectivity index (χ0) is 15.9. The van der Waals surface area contributed by atoms with Crippen LogP contribution in [0.2, 0.25) is 0 Å². The largest absolute Gasteiger partial charge is 0.357 e. The molecule has 4 nitrogen and oxygen atoms in total. The summed E-state index contributed by atoms with van der Waals surface area (Å²) in [5.41, 5.74) is 1.35. The molecule has 1 aliphatic rings. The van der Waals surface area contributed by atoms with Crippen LogP contribution in [0.15, 0.2) is 48.9 Å². The van der Waals surface area contributed by atoms with E-state index in [0.717, 1.165) is 37.9 Å². The van der Waals surface area contributed by atoms with Gasteiger partial charge in [0.1, 0.15) is 5.82 Å². The van der Waals surface area contributed by atoms with Crippen molar-refractivity contribution in [1.29, 1.82) is 0 Å². The number of rotatable bonds is 6. The van der Waals surface area contributed by atoms with Gasteiger partial charge >= 0.3 is 0 Å². The summed E-state index contributed by atoms with van der Waals surface area (Å²) in [4.78, 5) is 13.5. The minimum absolute atomic E-state index is 0.789. The Hall–Kier alpha value is -1.94. The Kier molecular flexibility index (Phi) is 5.59. The molecule has 1 fully saturated rings. The van der Waals surface area contributed by atoms with Crippen molar-refractivity contribution in [3.63, 3.8) is 0 Å². The number of pyridine rings is 2. The van der Waals surface area contributed by atoms with Crippen LogP contribution in [-0.2, 0) is 6.54 Å². The Bertz CT molecular complexity index is 564. The van der Waals surface area contributed by atoms with Crippen LogP contribution in [0.25, 0.3) is 0 Å². The lowest BCUT2D eigenvalue weighted by Gasteiger charge is -2.35. The van der Waals surface area contributed by atoms with Crippen LogP contribution in [-0.4, -0.2) is 41.0 Å². The highest BCUT2D eigenvalue weighted by molar-refractivity contribution is 5.37. The quantitative estimate of drug-likeness (QED) is 0.820. The predicted octanol–water partition coefficient (Wildman–Crippen LogP) is 3.22. The standard InChI is InChI=1S/C19H26N4/c1-2-22(15-17-6-11-20-12-7-17)16-18-8-13-23(14-9-18)19-5-3-4-10-21-19/h3-7,10-12,18H,2,8-9,13-16H2,1H3. The maximum Gasteiger partial charge on any atom is 0.128 e. The second-order valence-electron chi connectivity index (χ2n) is 6.30. The highest BCUT2D eigenvalue weighted by Crippen LogP contribution is 2.22. The average molecular weight is 310 g/mol. The first-order valence-corrected chi connectivity index (χ1v) is 8.62. The first-order chi connectivity index (χ1) is 11.3. The van der Waals surface area contributed by atoms with Gasteiger partial charge in [-0.05, 0) is 55.1 Å². The van der Waals surface area contributed by atoms with Crippen molar-refractivity contribution in [2.24, 2.45) is 5.92 Å². The van der Waals surface area contributed by atoms with E-state index in [4.69, 9.17) is 0 Å². The van der Waals surface area contributed by atoms with Crippen molar-refractivity contribution in [2.75, 3.05) is 31.1 Å². The number of nitrogens with zero attached hydrogens (tertiary/aromatic N) is 4. The number of piperidine rings is 1. The summed E-state index contributed by atoms with van der Waals surface area (Å²) in [5, 5.41) is 0. The van der Waals surface area contributed by atoms with Gasteiger partial charge in [-0.3, -0.25) is 9.88 Å². The summed E-state index contributed by atoms with van der Waals surface area (Å²) in [7, 11) is 0. The van der Waals surface area contributed by atoms with E-state index < -0.39 is 0 Å². The van der Waals surface area contributed by atoms with E-state index in [1.165, 1.54) is 24.9 Å². The molecule has 0 bridgehead atoms. The zero-order valence-electron chi connectivity index (χ0n) is 13.9. The normalized spacial score (nSPS) is 16.0. The lowest BCUT2D eigenvalue weighted by Crippen LogP contribution is -2.39. The molecule has 0 amide bonds. The van der Waals surface area contributed by atoms with Gasteiger partial charge in [-0.15, -0.1) is 0 Å². The van der Waals surface area contributed by atoms with Crippen LogP contribution in [0, 0.1) is 5.92 Å². The molecule has 0 saturated carbocycles. The molecule has 0 aromatic carbocycles. The maximum absolute atomic E-state index is 4.47. The predicted molar refractivity (Wildman–Crippen MR) is 94.4 cm³/mol. The van der Waals surface area contributed by atoms with Gasteiger partial charge in [0, 0.05) is 44.8 Å². The zero-order valence-corrected chi connectivity index (χ0v) is 13.9. The van der Waals surface area contributed by atoms with Crippen LogP contribution in [0.4, 0.5) is 5.82 Å². The molecular formula is C19H26N4. The van der Waals surface area contributed by atoms with E-state index in [-0.39, 0.29) is 0 Å². The van der Waals surface area contributed by atoms with Gasteiger partial charge < -0.3 is 4.90 Å². The number of hydrogen-bond donors (Lipinski definition) is 0. The third-order valence-electron chi connectivity index (χ3n) is 4.71. The van der Waals surface area contributed by atoms with Crippen LogP contribution in [0.1, 0.15) is 25.3 Å². The Morgan fingerprint density at radius 3 is 2.52 bits per heavy atom. The maximum atomic E-state index is 4.47. The van der Waals surface area contributed by atoms with Gasteiger partial charge in [0.05, 0.1) is 0 Å². The summed E-state index contributed by atoms with van der Waals surface area (Å²) >= 11 is 0.